The van der Waals surface area contributed by atoms with Crippen LogP contribution in [-0.2, 0) is 6.42 Å². The Kier molecular flexibility index (Phi) is 3.29. The van der Waals surface area contributed by atoms with Crippen LogP contribution in [0.2, 0.25) is 0 Å². The predicted molar refractivity (Wildman–Crippen MR) is 67.4 cm³/mol. The fraction of sp³-hybridized carbons (Fsp3) is 0.643. The zero-order valence-electron chi connectivity index (χ0n) is 10.6. The second-order valence-electron chi connectivity index (χ2n) is 5.80. The number of hydrogen-bond donors (Lipinski definition) is 0. The molecule has 0 amide bonds. The van der Waals surface area contributed by atoms with Crippen molar-refractivity contribution < 1.29 is 0 Å². The summed E-state index contributed by atoms with van der Waals surface area (Å²) in [5, 5.41) is 0. The summed E-state index contributed by atoms with van der Waals surface area (Å²) in [4.78, 5) is 6.99. The molecular weight excluding hydrogens is 196 g/mol. The number of likely N-dealkylation sites (tertiary alicyclic amines) is 1. The van der Waals surface area contributed by atoms with E-state index in [1.807, 2.05) is 12.3 Å². The third-order valence-corrected chi connectivity index (χ3v) is 3.46. The van der Waals surface area contributed by atoms with E-state index in [0.29, 0.717) is 5.54 Å². The van der Waals surface area contributed by atoms with Gasteiger partial charge in [0.15, 0.2) is 0 Å². The van der Waals surface area contributed by atoms with Crippen LogP contribution in [0.3, 0.4) is 0 Å². The predicted octanol–water partition coefficient (Wildman–Crippen LogP) is 2.74. The van der Waals surface area contributed by atoms with Crippen LogP contribution in [0.4, 0.5) is 0 Å². The summed E-state index contributed by atoms with van der Waals surface area (Å²) < 4.78 is 0. The van der Waals surface area contributed by atoms with Crippen LogP contribution in [-0.4, -0.2) is 28.5 Å². The molecule has 0 N–H and O–H groups in total. The molecule has 16 heavy (non-hydrogen) atoms. The molecule has 0 radical (unpaired) electrons. The minimum absolute atomic E-state index is 0.318. The van der Waals surface area contributed by atoms with Gasteiger partial charge >= 0.3 is 0 Å². The van der Waals surface area contributed by atoms with Crippen molar-refractivity contribution in [2.45, 2.75) is 39.2 Å². The molecule has 0 spiro atoms. The van der Waals surface area contributed by atoms with Gasteiger partial charge < -0.3 is 0 Å². The van der Waals surface area contributed by atoms with Crippen molar-refractivity contribution in [2.24, 2.45) is 5.92 Å². The molecule has 1 aromatic rings. The van der Waals surface area contributed by atoms with Gasteiger partial charge in [0.1, 0.15) is 0 Å². The fourth-order valence-electron chi connectivity index (χ4n) is 2.42. The summed E-state index contributed by atoms with van der Waals surface area (Å²) in [6, 6.07) is 6.21. The lowest BCUT2D eigenvalue weighted by Crippen LogP contribution is -2.39. The van der Waals surface area contributed by atoms with Crippen molar-refractivity contribution in [1.82, 2.24) is 9.88 Å². The van der Waals surface area contributed by atoms with Crippen LogP contribution < -0.4 is 0 Å². The molecule has 2 heteroatoms. The van der Waals surface area contributed by atoms with Gasteiger partial charge in [-0.15, -0.1) is 0 Å². The number of pyridine rings is 1. The summed E-state index contributed by atoms with van der Waals surface area (Å²) in [5.74, 6) is 0.786. The van der Waals surface area contributed by atoms with E-state index < -0.39 is 0 Å². The van der Waals surface area contributed by atoms with Crippen molar-refractivity contribution in [3.8, 4) is 0 Å². The molecule has 2 rings (SSSR count). The maximum absolute atomic E-state index is 4.41. The van der Waals surface area contributed by atoms with E-state index in [4.69, 9.17) is 0 Å². The first kappa shape index (κ1) is 11.6. The molecular formula is C14H22N2. The van der Waals surface area contributed by atoms with Crippen LogP contribution in [0.1, 0.15) is 32.9 Å². The molecule has 0 unspecified atom stereocenters. The van der Waals surface area contributed by atoms with E-state index in [-0.39, 0.29) is 0 Å². The molecule has 1 fully saturated rings. The number of aromatic nitrogens is 1. The molecule has 1 atom stereocenters. The fourth-order valence-corrected chi connectivity index (χ4v) is 2.42. The molecule has 1 saturated heterocycles. The van der Waals surface area contributed by atoms with Gasteiger partial charge in [-0.2, -0.15) is 0 Å². The lowest BCUT2D eigenvalue weighted by atomic mass is 10.0. The first-order valence-electron chi connectivity index (χ1n) is 6.20. The summed E-state index contributed by atoms with van der Waals surface area (Å²) in [6.45, 7) is 9.36. The summed E-state index contributed by atoms with van der Waals surface area (Å²) in [5.41, 5.74) is 1.56. The van der Waals surface area contributed by atoms with E-state index >= 15 is 0 Å². The van der Waals surface area contributed by atoms with Gasteiger partial charge in [0.05, 0.1) is 0 Å². The lowest BCUT2D eigenvalue weighted by Gasteiger charge is -2.31. The lowest BCUT2D eigenvalue weighted by molar-refractivity contribution is 0.168. The number of rotatable bonds is 2. The Morgan fingerprint density at radius 3 is 2.75 bits per heavy atom. The van der Waals surface area contributed by atoms with Crippen LogP contribution in [0.5, 0.6) is 0 Å². The van der Waals surface area contributed by atoms with E-state index in [9.17, 15) is 0 Å². The average molecular weight is 218 g/mol. The molecule has 88 valence electrons. The molecule has 1 aliphatic rings. The summed E-state index contributed by atoms with van der Waals surface area (Å²) >= 11 is 0. The highest BCUT2D eigenvalue weighted by Crippen LogP contribution is 2.26. The average Bonchev–Trinajstić information content (AvgIpc) is 2.67. The molecule has 1 aliphatic heterocycles. The monoisotopic (exact) mass is 218 g/mol. The van der Waals surface area contributed by atoms with Crippen molar-refractivity contribution in [1.29, 1.82) is 0 Å². The molecule has 2 nitrogen and oxygen atoms in total. The highest BCUT2D eigenvalue weighted by molar-refractivity contribution is 5.05. The zero-order chi connectivity index (χ0) is 11.6. The molecule has 0 aliphatic carbocycles. The first-order chi connectivity index (χ1) is 7.55. The minimum atomic E-state index is 0.318. The Morgan fingerprint density at radius 2 is 2.19 bits per heavy atom. The Hall–Kier alpha value is -0.890. The van der Waals surface area contributed by atoms with E-state index in [1.54, 1.807) is 0 Å². The number of nitrogens with zero attached hydrogens (tertiary/aromatic N) is 2. The highest BCUT2D eigenvalue weighted by Gasteiger charge is 2.30. The quantitative estimate of drug-likeness (QED) is 0.759. The second-order valence-corrected chi connectivity index (χ2v) is 5.80. The minimum Gasteiger partial charge on any atom is -0.298 e. The van der Waals surface area contributed by atoms with Gasteiger partial charge in [-0.25, -0.2) is 0 Å². The first-order valence-corrected chi connectivity index (χ1v) is 6.20. The third-order valence-electron chi connectivity index (χ3n) is 3.46. The highest BCUT2D eigenvalue weighted by atomic mass is 15.2. The van der Waals surface area contributed by atoms with Gasteiger partial charge in [0.25, 0.3) is 0 Å². The van der Waals surface area contributed by atoms with E-state index in [0.717, 1.165) is 12.3 Å². The molecule has 0 bridgehead atoms. The topological polar surface area (TPSA) is 16.1 Å². The standard InChI is InChI=1S/C14H22N2/c1-14(2,3)16-9-7-12(11-16)10-13-6-4-5-8-15-13/h4-6,8,12H,7,9-11H2,1-3H3/t12-/m1/s1. The molecule has 2 heterocycles. The Bertz CT molecular complexity index is 326. The number of hydrogen-bond acceptors (Lipinski definition) is 2. The van der Waals surface area contributed by atoms with Crippen LogP contribution in [0, 0.1) is 5.92 Å². The molecule has 0 aromatic carbocycles. The van der Waals surface area contributed by atoms with Crippen molar-refractivity contribution in [3.63, 3.8) is 0 Å². The maximum atomic E-state index is 4.41. The van der Waals surface area contributed by atoms with Crippen LogP contribution in [0.15, 0.2) is 24.4 Å². The van der Waals surface area contributed by atoms with E-state index in [1.165, 1.54) is 25.2 Å². The summed E-state index contributed by atoms with van der Waals surface area (Å²) in [6.07, 6.45) is 4.34. The third kappa shape index (κ3) is 2.82. The van der Waals surface area contributed by atoms with Crippen molar-refractivity contribution >= 4 is 0 Å². The molecule has 0 saturated carbocycles. The van der Waals surface area contributed by atoms with Crippen molar-refractivity contribution in [2.75, 3.05) is 13.1 Å². The smallest absolute Gasteiger partial charge is 0.0406 e. The second kappa shape index (κ2) is 4.54. The molecule has 1 aromatic heterocycles. The van der Waals surface area contributed by atoms with Gasteiger partial charge in [0, 0.05) is 24.0 Å². The Balaban J connectivity index is 1.91. The SMILES string of the molecule is CC(C)(C)N1CC[C@H](Cc2ccccn2)C1. The van der Waals surface area contributed by atoms with Gasteiger partial charge in [-0.05, 0) is 58.2 Å². The van der Waals surface area contributed by atoms with Crippen LogP contribution >= 0.6 is 0 Å². The maximum Gasteiger partial charge on any atom is 0.0406 e. The Labute approximate surface area is 98.7 Å². The van der Waals surface area contributed by atoms with Gasteiger partial charge in [-0.1, -0.05) is 6.07 Å². The Morgan fingerprint density at radius 1 is 1.38 bits per heavy atom. The van der Waals surface area contributed by atoms with Gasteiger partial charge in [0.2, 0.25) is 0 Å². The zero-order valence-corrected chi connectivity index (χ0v) is 10.6. The normalized spacial score (nSPS) is 22.6. The van der Waals surface area contributed by atoms with Crippen molar-refractivity contribution in [3.05, 3.63) is 30.1 Å². The van der Waals surface area contributed by atoms with E-state index in [2.05, 4.69) is 42.8 Å². The van der Waals surface area contributed by atoms with Crippen LogP contribution in [0.25, 0.3) is 0 Å². The summed E-state index contributed by atoms with van der Waals surface area (Å²) in [7, 11) is 0. The van der Waals surface area contributed by atoms with Gasteiger partial charge in [-0.3, -0.25) is 9.88 Å². The largest absolute Gasteiger partial charge is 0.298 e.